The molecule has 0 amide bonds. The molecule has 1 aromatic carbocycles. The SMILES string of the molecule is NCc1cc(COc2ccccc2Cl)on1. The maximum atomic E-state index is 5.93. The molecular formula is C11H11ClN2O2. The predicted octanol–water partition coefficient (Wildman–Crippen LogP) is 2.37. The number of nitrogens with zero attached hydrogens (tertiary/aromatic N) is 1. The van der Waals surface area contributed by atoms with E-state index in [9.17, 15) is 0 Å². The molecule has 2 aromatic rings. The highest BCUT2D eigenvalue weighted by atomic mass is 35.5. The van der Waals surface area contributed by atoms with Crippen LogP contribution in [0.5, 0.6) is 5.75 Å². The highest BCUT2D eigenvalue weighted by Crippen LogP contribution is 2.24. The van der Waals surface area contributed by atoms with E-state index in [0.29, 0.717) is 28.8 Å². The molecule has 0 saturated heterocycles. The molecule has 0 atom stereocenters. The van der Waals surface area contributed by atoms with E-state index in [1.807, 2.05) is 12.1 Å². The van der Waals surface area contributed by atoms with Crippen LogP contribution in [0.15, 0.2) is 34.9 Å². The monoisotopic (exact) mass is 238 g/mol. The highest BCUT2D eigenvalue weighted by molar-refractivity contribution is 6.32. The molecule has 0 saturated carbocycles. The number of aromatic nitrogens is 1. The van der Waals surface area contributed by atoms with E-state index in [-0.39, 0.29) is 6.61 Å². The maximum absolute atomic E-state index is 5.93. The minimum Gasteiger partial charge on any atom is -0.484 e. The molecule has 5 heteroatoms. The number of para-hydroxylation sites is 1. The van der Waals surface area contributed by atoms with Gasteiger partial charge in [-0.1, -0.05) is 28.9 Å². The number of nitrogens with two attached hydrogens (primary N) is 1. The van der Waals surface area contributed by atoms with Crippen LogP contribution >= 0.6 is 11.6 Å². The molecule has 4 nitrogen and oxygen atoms in total. The molecular weight excluding hydrogens is 228 g/mol. The van der Waals surface area contributed by atoms with Gasteiger partial charge >= 0.3 is 0 Å². The van der Waals surface area contributed by atoms with Gasteiger partial charge in [-0.2, -0.15) is 0 Å². The summed E-state index contributed by atoms with van der Waals surface area (Å²) < 4.78 is 10.5. The summed E-state index contributed by atoms with van der Waals surface area (Å²) in [5.74, 6) is 1.25. The second kappa shape index (κ2) is 5.01. The summed E-state index contributed by atoms with van der Waals surface area (Å²) in [6.07, 6.45) is 0. The first-order chi connectivity index (χ1) is 7.79. The van der Waals surface area contributed by atoms with Crippen LogP contribution < -0.4 is 10.5 Å². The number of hydrogen-bond acceptors (Lipinski definition) is 4. The molecule has 1 aromatic heterocycles. The van der Waals surface area contributed by atoms with Crippen molar-refractivity contribution in [2.45, 2.75) is 13.2 Å². The average molecular weight is 239 g/mol. The fourth-order valence-electron chi connectivity index (χ4n) is 1.23. The van der Waals surface area contributed by atoms with E-state index in [4.69, 9.17) is 26.6 Å². The van der Waals surface area contributed by atoms with Gasteiger partial charge in [0.25, 0.3) is 0 Å². The van der Waals surface area contributed by atoms with Gasteiger partial charge in [-0.15, -0.1) is 0 Å². The molecule has 2 rings (SSSR count). The highest BCUT2D eigenvalue weighted by Gasteiger charge is 2.05. The molecule has 0 aliphatic heterocycles. The normalized spacial score (nSPS) is 10.4. The van der Waals surface area contributed by atoms with Crippen molar-refractivity contribution in [1.82, 2.24) is 5.16 Å². The Balaban J connectivity index is 1.99. The number of rotatable bonds is 4. The van der Waals surface area contributed by atoms with E-state index >= 15 is 0 Å². The smallest absolute Gasteiger partial charge is 0.174 e. The third-order valence-electron chi connectivity index (χ3n) is 2.02. The summed E-state index contributed by atoms with van der Waals surface area (Å²) in [7, 11) is 0. The van der Waals surface area contributed by atoms with E-state index < -0.39 is 0 Å². The first-order valence-corrected chi connectivity index (χ1v) is 5.19. The Hall–Kier alpha value is -1.52. The predicted molar refractivity (Wildman–Crippen MR) is 60.2 cm³/mol. The van der Waals surface area contributed by atoms with Crippen molar-refractivity contribution in [3.05, 3.63) is 46.8 Å². The molecule has 0 spiro atoms. The summed E-state index contributed by atoms with van der Waals surface area (Å²) in [6, 6.07) is 9.02. The zero-order chi connectivity index (χ0) is 11.4. The first kappa shape index (κ1) is 11.0. The fourth-order valence-corrected chi connectivity index (χ4v) is 1.42. The van der Waals surface area contributed by atoms with Gasteiger partial charge < -0.3 is 15.0 Å². The van der Waals surface area contributed by atoms with Gasteiger partial charge in [0.15, 0.2) is 5.76 Å². The summed E-state index contributed by atoms with van der Waals surface area (Å²) >= 11 is 5.93. The van der Waals surface area contributed by atoms with E-state index in [1.165, 1.54) is 0 Å². The molecule has 0 aliphatic rings. The Bertz CT molecular complexity index is 471. The van der Waals surface area contributed by atoms with E-state index in [2.05, 4.69) is 5.16 Å². The van der Waals surface area contributed by atoms with Crippen LogP contribution in [-0.4, -0.2) is 5.16 Å². The minimum atomic E-state index is 0.288. The van der Waals surface area contributed by atoms with Crippen LogP contribution in [0.2, 0.25) is 5.02 Å². The van der Waals surface area contributed by atoms with E-state index in [0.717, 1.165) is 0 Å². The number of halogens is 1. The minimum absolute atomic E-state index is 0.288. The fraction of sp³-hybridized carbons (Fsp3) is 0.182. The molecule has 2 N–H and O–H groups in total. The largest absolute Gasteiger partial charge is 0.484 e. The average Bonchev–Trinajstić information content (AvgIpc) is 2.76. The summed E-state index contributed by atoms with van der Waals surface area (Å²) in [6.45, 7) is 0.645. The zero-order valence-corrected chi connectivity index (χ0v) is 9.28. The molecule has 0 aliphatic carbocycles. The number of benzene rings is 1. The Morgan fingerprint density at radius 2 is 2.19 bits per heavy atom. The quantitative estimate of drug-likeness (QED) is 0.888. The Morgan fingerprint density at radius 1 is 1.38 bits per heavy atom. The van der Waals surface area contributed by atoms with Gasteiger partial charge in [-0.3, -0.25) is 0 Å². The molecule has 1 heterocycles. The molecule has 84 valence electrons. The van der Waals surface area contributed by atoms with Crippen LogP contribution in [0, 0.1) is 0 Å². The number of ether oxygens (including phenoxy) is 1. The Morgan fingerprint density at radius 3 is 2.88 bits per heavy atom. The zero-order valence-electron chi connectivity index (χ0n) is 8.52. The second-order valence-corrected chi connectivity index (χ2v) is 3.61. The van der Waals surface area contributed by atoms with Crippen LogP contribution in [0.25, 0.3) is 0 Å². The lowest BCUT2D eigenvalue weighted by molar-refractivity contribution is 0.248. The molecule has 0 fully saturated rings. The first-order valence-electron chi connectivity index (χ1n) is 4.81. The van der Waals surface area contributed by atoms with Crippen molar-refractivity contribution in [2.75, 3.05) is 0 Å². The van der Waals surface area contributed by atoms with Crippen molar-refractivity contribution in [2.24, 2.45) is 5.73 Å². The number of hydrogen-bond donors (Lipinski definition) is 1. The lowest BCUT2D eigenvalue weighted by atomic mass is 10.3. The van der Waals surface area contributed by atoms with Crippen molar-refractivity contribution in [1.29, 1.82) is 0 Å². The lowest BCUT2D eigenvalue weighted by Crippen LogP contribution is -1.96. The van der Waals surface area contributed by atoms with Crippen LogP contribution in [0.3, 0.4) is 0 Å². The maximum Gasteiger partial charge on any atom is 0.174 e. The van der Waals surface area contributed by atoms with Crippen molar-refractivity contribution in [3.8, 4) is 5.75 Å². The summed E-state index contributed by atoms with van der Waals surface area (Å²) in [5, 5.41) is 4.33. The van der Waals surface area contributed by atoms with Gasteiger partial charge in [0.1, 0.15) is 12.4 Å². The van der Waals surface area contributed by atoms with Gasteiger partial charge in [-0.25, -0.2) is 0 Å². The molecule has 0 bridgehead atoms. The van der Waals surface area contributed by atoms with Crippen LogP contribution in [-0.2, 0) is 13.2 Å². The third kappa shape index (κ3) is 2.53. The topological polar surface area (TPSA) is 61.3 Å². The Kier molecular flexibility index (Phi) is 3.44. The van der Waals surface area contributed by atoms with Gasteiger partial charge in [0.2, 0.25) is 0 Å². The van der Waals surface area contributed by atoms with Crippen molar-refractivity contribution < 1.29 is 9.26 Å². The Labute approximate surface area is 97.9 Å². The van der Waals surface area contributed by atoms with E-state index in [1.54, 1.807) is 18.2 Å². The second-order valence-electron chi connectivity index (χ2n) is 3.21. The molecule has 0 radical (unpaired) electrons. The standard InChI is InChI=1S/C11H11ClN2O2/c12-10-3-1-2-4-11(10)15-7-9-5-8(6-13)14-16-9/h1-5H,6-7,13H2. The van der Waals surface area contributed by atoms with Crippen molar-refractivity contribution in [3.63, 3.8) is 0 Å². The van der Waals surface area contributed by atoms with Gasteiger partial charge in [0, 0.05) is 12.6 Å². The molecule has 16 heavy (non-hydrogen) atoms. The summed E-state index contributed by atoms with van der Waals surface area (Å²) in [5.41, 5.74) is 6.12. The summed E-state index contributed by atoms with van der Waals surface area (Å²) in [4.78, 5) is 0. The van der Waals surface area contributed by atoms with Crippen LogP contribution in [0.4, 0.5) is 0 Å². The third-order valence-corrected chi connectivity index (χ3v) is 2.34. The van der Waals surface area contributed by atoms with Crippen molar-refractivity contribution >= 4 is 11.6 Å². The lowest BCUT2D eigenvalue weighted by Gasteiger charge is -2.04. The van der Waals surface area contributed by atoms with Gasteiger partial charge in [0.05, 0.1) is 10.7 Å². The molecule has 0 unspecified atom stereocenters. The van der Waals surface area contributed by atoms with Crippen LogP contribution in [0.1, 0.15) is 11.5 Å². The van der Waals surface area contributed by atoms with Gasteiger partial charge in [-0.05, 0) is 12.1 Å².